The van der Waals surface area contributed by atoms with Crippen LogP contribution in [-0.2, 0) is 24.5 Å². The molecule has 0 heterocycles. The molecule has 0 aliphatic heterocycles. The van der Waals surface area contributed by atoms with E-state index in [0.29, 0.717) is 0 Å². The van der Waals surface area contributed by atoms with Gasteiger partial charge in [0.2, 0.25) is 0 Å². The predicted molar refractivity (Wildman–Crippen MR) is 6.50 cm³/mol. The van der Waals surface area contributed by atoms with Crippen LogP contribution in [0.3, 0.4) is 0 Å². The fraction of sp³-hybridized carbons (Fsp3) is 0. The Kier molecular flexibility index (Phi) is 14.3. The van der Waals surface area contributed by atoms with E-state index in [0.717, 1.165) is 0 Å². The van der Waals surface area contributed by atoms with Crippen LogP contribution in [0.15, 0.2) is 0 Å². The molecule has 36 valence electrons. The Morgan fingerprint density at radius 2 is 1.29 bits per heavy atom. The molecule has 0 fully saturated rings. The summed E-state index contributed by atoms with van der Waals surface area (Å²) in [5, 5.41) is 0. The standard InChI is InChI=1S/K.Li.Mn.H2O.3O.2H/h;;;1H2;;;;;/q3*+1;;;;;2*-1/p-1. The monoisotopic (exact) mass is 168 g/mol. The molecular formula is H3KLiMnO4. The van der Waals surface area contributed by atoms with Crippen molar-refractivity contribution < 1.29 is 102 Å². The second kappa shape index (κ2) is 6.24. The van der Waals surface area contributed by atoms with Gasteiger partial charge in [-0.15, -0.1) is 0 Å². The molecule has 7 heavy (non-hydrogen) atoms. The van der Waals surface area contributed by atoms with E-state index < -0.39 is 13.0 Å². The second-order valence-corrected chi connectivity index (χ2v) is 1.63. The molecule has 0 aliphatic carbocycles. The molecule has 0 aromatic rings. The first kappa shape index (κ1) is 16.1. The van der Waals surface area contributed by atoms with E-state index in [2.05, 4.69) is 0 Å². The number of hydrogen-bond acceptors (Lipinski definition) is 3. The van der Waals surface area contributed by atoms with Gasteiger partial charge in [0.05, 0.1) is 0 Å². The van der Waals surface area contributed by atoms with Crippen LogP contribution in [-0.4, -0.2) is 4.19 Å². The summed E-state index contributed by atoms with van der Waals surface area (Å²) in [5.41, 5.74) is 0. The first-order chi connectivity index (χ1) is 2.00. The molecule has 0 rings (SSSR count). The molecule has 4 nitrogen and oxygen atoms in total. The van der Waals surface area contributed by atoms with E-state index in [1.807, 2.05) is 0 Å². The molecule has 0 spiro atoms. The van der Waals surface area contributed by atoms with Gasteiger partial charge in [0.1, 0.15) is 0 Å². The normalized spacial score (nSPS) is 8.14. The van der Waals surface area contributed by atoms with Gasteiger partial charge in [-0.25, -0.2) is 0 Å². The molecule has 0 unspecified atom stereocenters. The van der Waals surface area contributed by atoms with Crippen molar-refractivity contribution in [2.24, 2.45) is 0 Å². The summed E-state index contributed by atoms with van der Waals surface area (Å²) < 4.78 is 33.1. The molecule has 0 aliphatic rings. The fourth-order valence-electron chi connectivity index (χ4n) is 0. The van der Waals surface area contributed by atoms with Gasteiger partial charge in [-0.3, -0.25) is 0 Å². The van der Waals surface area contributed by atoms with Gasteiger partial charge in [0.15, 0.2) is 0 Å². The van der Waals surface area contributed by atoms with Crippen molar-refractivity contribution in [2.75, 3.05) is 0 Å². The van der Waals surface area contributed by atoms with Gasteiger partial charge in [-0.05, 0) is 0 Å². The molecule has 0 saturated heterocycles. The first-order valence-electron chi connectivity index (χ1n) is 0.632. The van der Waals surface area contributed by atoms with Crippen LogP contribution < -0.4 is 70.2 Å². The Labute approximate surface area is 99.8 Å². The maximum atomic E-state index is 8.69. The van der Waals surface area contributed by atoms with E-state index in [-0.39, 0.29) is 73.1 Å². The topological polar surface area (TPSA) is 71.4 Å². The van der Waals surface area contributed by atoms with Gasteiger partial charge < -0.3 is 2.85 Å². The predicted octanol–water partition coefficient (Wildman–Crippen LogP) is -6.68. The van der Waals surface area contributed by atoms with Gasteiger partial charge in [0.25, 0.3) is 0 Å². The zero-order valence-electron chi connectivity index (χ0n) is 6.05. The van der Waals surface area contributed by atoms with E-state index in [1.165, 1.54) is 0 Å². The Bertz CT molecular complexity index is 140. The van der Waals surface area contributed by atoms with Crippen LogP contribution >= 0.6 is 0 Å². The SMILES string of the molecule is [H-].[H-].[K+].[Li+].[O]=[Mn](=[O])(=[O])[OH]. The third kappa shape index (κ3) is 67.9. The first-order valence-corrected chi connectivity index (χ1v) is 2.61. The van der Waals surface area contributed by atoms with Gasteiger partial charge in [0, 0.05) is 0 Å². The van der Waals surface area contributed by atoms with Crippen molar-refractivity contribution in [1.29, 1.82) is 0 Å². The molecule has 0 aromatic carbocycles. The third-order valence-corrected chi connectivity index (χ3v) is 0. The molecule has 1 N–H and O–H groups in total. The molecule has 0 aromatic heterocycles. The zero-order chi connectivity index (χ0) is 4.50. The minimum absolute atomic E-state index is 0. The van der Waals surface area contributed by atoms with E-state index >= 15 is 0 Å². The van der Waals surface area contributed by atoms with Crippen LogP contribution in [0.1, 0.15) is 2.85 Å². The van der Waals surface area contributed by atoms with Crippen molar-refractivity contribution in [2.45, 2.75) is 0 Å². The van der Waals surface area contributed by atoms with Gasteiger partial charge in [-0.1, -0.05) is 0 Å². The molecule has 7 heteroatoms. The van der Waals surface area contributed by atoms with Crippen molar-refractivity contribution in [3.63, 3.8) is 0 Å². The Morgan fingerprint density at radius 3 is 1.29 bits per heavy atom. The van der Waals surface area contributed by atoms with Crippen LogP contribution in [0.4, 0.5) is 0 Å². The average molecular weight is 168 g/mol. The van der Waals surface area contributed by atoms with Crippen molar-refractivity contribution in [3.8, 4) is 0 Å². The summed E-state index contributed by atoms with van der Waals surface area (Å²) in [6.45, 7) is 0. The van der Waals surface area contributed by atoms with Crippen molar-refractivity contribution in [1.82, 2.24) is 0 Å². The van der Waals surface area contributed by atoms with E-state index in [1.54, 1.807) is 0 Å². The van der Waals surface area contributed by atoms with Crippen molar-refractivity contribution in [3.05, 3.63) is 0 Å². The quantitative estimate of drug-likeness (QED) is 0.365. The molecule has 0 radical (unpaired) electrons. The zero-order valence-corrected chi connectivity index (χ0v) is 8.35. The summed E-state index contributed by atoms with van der Waals surface area (Å²) in [4.78, 5) is 0. The number of rotatable bonds is 0. The van der Waals surface area contributed by atoms with Crippen LogP contribution in [0.2, 0.25) is 0 Å². The second-order valence-electron chi connectivity index (χ2n) is 0.396. The molecule has 0 saturated carbocycles. The average Bonchev–Trinajstić information content (AvgIpc) is 0.722. The van der Waals surface area contributed by atoms with Crippen molar-refractivity contribution >= 4 is 0 Å². The van der Waals surface area contributed by atoms with E-state index in [4.69, 9.17) is 15.7 Å². The molecular weight excluding hydrogens is 165 g/mol. The number of hydrogen-bond donors (Lipinski definition) is 1. The Morgan fingerprint density at radius 1 is 1.29 bits per heavy atom. The summed E-state index contributed by atoms with van der Waals surface area (Å²) >= 11 is -5.38. The van der Waals surface area contributed by atoms with Gasteiger partial charge >= 0.3 is 98.9 Å². The van der Waals surface area contributed by atoms with E-state index in [9.17, 15) is 0 Å². The minimum atomic E-state index is -5.38. The molecule has 0 amide bonds. The Hall–Kier alpha value is 2.11. The summed E-state index contributed by atoms with van der Waals surface area (Å²) in [6.07, 6.45) is 0. The third-order valence-electron chi connectivity index (χ3n) is 0. The van der Waals surface area contributed by atoms with Crippen LogP contribution in [0.5, 0.6) is 0 Å². The summed E-state index contributed by atoms with van der Waals surface area (Å²) in [7, 11) is 0. The van der Waals surface area contributed by atoms with Crippen LogP contribution in [0, 0.1) is 0 Å². The maximum absolute atomic E-state index is 8.69. The van der Waals surface area contributed by atoms with Crippen LogP contribution in [0.25, 0.3) is 0 Å². The molecule has 0 atom stereocenters. The van der Waals surface area contributed by atoms with Gasteiger partial charge in [-0.2, -0.15) is 0 Å². The Balaban J connectivity index is -0.0000000133. The summed E-state index contributed by atoms with van der Waals surface area (Å²) in [6, 6.07) is 0. The molecule has 0 bridgehead atoms. The summed E-state index contributed by atoms with van der Waals surface area (Å²) in [5.74, 6) is 0. The fourth-order valence-corrected chi connectivity index (χ4v) is 0.